The SMILES string of the molecule is CSCC[C@H](N)C(=O)NCCS(C)(=O)=O. The van der Waals surface area contributed by atoms with E-state index in [9.17, 15) is 13.2 Å². The van der Waals surface area contributed by atoms with Gasteiger partial charge in [-0.15, -0.1) is 0 Å². The van der Waals surface area contributed by atoms with Crippen molar-refractivity contribution in [3.8, 4) is 0 Å². The summed E-state index contributed by atoms with van der Waals surface area (Å²) in [6, 6.07) is -0.544. The zero-order valence-electron chi connectivity index (χ0n) is 9.02. The molecule has 0 spiro atoms. The second-order valence-electron chi connectivity index (χ2n) is 3.31. The molecule has 0 heterocycles. The van der Waals surface area contributed by atoms with E-state index in [2.05, 4.69) is 5.32 Å². The van der Waals surface area contributed by atoms with Gasteiger partial charge in [0.2, 0.25) is 5.91 Å². The van der Waals surface area contributed by atoms with Gasteiger partial charge < -0.3 is 11.1 Å². The molecule has 1 atom stereocenters. The number of carbonyl (C=O) groups excluding carboxylic acids is 1. The molecule has 0 bridgehead atoms. The van der Waals surface area contributed by atoms with Crippen molar-refractivity contribution in [1.29, 1.82) is 0 Å². The summed E-state index contributed by atoms with van der Waals surface area (Å²) < 4.78 is 21.5. The summed E-state index contributed by atoms with van der Waals surface area (Å²) in [6.07, 6.45) is 3.67. The van der Waals surface area contributed by atoms with Gasteiger partial charge in [-0.2, -0.15) is 11.8 Å². The Hall–Kier alpha value is -0.270. The Morgan fingerprint density at radius 3 is 2.60 bits per heavy atom. The van der Waals surface area contributed by atoms with Gasteiger partial charge in [0.25, 0.3) is 0 Å². The summed E-state index contributed by atoms with van der Waals surface area (Å²) in [6.45, 7) is 0.130. The van der Waals surface area contributed by atoms with Crippen LogP contribution in [0.4, 0.5) is 0 Å². The fourth-order valence-corrected chi connectivity index (χ4v) is 1.83. The molecule has 1 amide bonds. The van der Waals surface area contributed by atoms with E-state index in [4.69, 9.17) is 5.73 Å². The standard InChI is InChI=1S/C8H18N2O3S2/c1-14-5-3-7(9)8(11)10-4-6-15(2,12)13/h7H,3-6,9H2,1-2H3,(H,10,11)/t7-/m0/s1. The summed E-state index contributed by atoms with van der Waals surface area (Å²) >= 11 is 1.62. The van der Waals surface area contributed by atoms with E-state index in [0.29, 0.717) is 6.42 Å². The maximum absolute atomic E-state index is 11.3. The molecule has 5 nitrogen and oxygen atoms in total. The average Bonchev–Trinajstić information content (AvgIpc) is 2.11. The van der Waals surface area contributed by atoms with Crippen molar-refractivity contribution < 1.29 is 13.2 Å². The van der Waals surface area contributed by atoms with Crippen molar-refractivity contribution in [2.24, 2.45) is 5.73 Å². The minimum Gasteiger partial charge on any atom is -0.354 e. The van der Waals surface area contributed by atoms with Gasteiger partial charge in [0.15, 0.2) is 0 Å². The molecule has 0 saturated carbocycles. The molecule has 0 aromatic heterocycles. The highest BCUT2D eigenvalue weighted by Crippen LogP contribution is 1.98. The normalized spacial score (nSPS) is 13.5. The topological polar surface area (TPSA) is 89.3 Å². The van der Waals surface area contributed by atoms with Gasteiger partial charge in [-0.1, -0.05) is 0 Å². The third-order valence-electron chi connectivity index (χ3n) is 1.74. The highest BCUT2D eigenvalue weighted by atomic mass is 32.2. The summed E-state index contributed by atoms with van der Waals surface area (Å²) in [5.74, 6) is 0.488. The molecule has 0 saturated heterocycles. The lowest BCUT2D eigenvalue weighted by Crippen LogP contribution is -2.42. The predicted octanol–water partition coefficient (Wildman–Crippen LogP) is -0.772. The number of thioether (sulfide) groups is 1. The first-order valence-corrected chi connectivity index (χ1v) is 8.02. The molecule has 0 aromatic carbocycles. The molecule has 0 rings (SSSR count). The fraction of sp³-hybridized carbons (Fsp3) is 0.875. The Labute approximate surface area is 95.1 Å². The maximum Gasteiger partial charge on any atom is 0.236 e. The molecule has 7 heteroatoms. The van der Waals surface area contributed by atoms with E-state index in [1.165, 1.54) is 0 Å². The van der Waals surface area contributed by atoms with E-state index >= 15 is 0 Å². The number of nitrogens with one attached hydrogen (secondary N) is 1. The largest absolute Gasteiger partial charge is 0.354 e. The quantitative estimate of drug-likeness (QED) is 0.622. The Balaban J connectivity index is 3.74. The van der Waals surface area contributed by atoms with Crippen molar-refractivity contribution in [3.05, 3.63) is 0 Å². The minimum absolute atomic E-state index is 0.0476. The van der Waals surface area contributed by atoms with E-state index in [1.54, 1.807) is 11.8 Å². The van der Waals surface area contributed by atoms with Crippen LogP contribution in [-0.4, -0.2) is 50.9 Å². The summed E-state index contributed by atoms with van der Waals surface area (Å²) in [5.41, 5.74) is 5.58. The van der Waals surface area contributed by atoms with Crippen LogP contribution in [-0.2, 0) is 14.6 Å². The third-order valence-corrected chi connectivity index (χ3v) is 3.33. The highest BCUT2D eigenvalue weighted by Gasteiger charge is 2.12. The number of rotatable bonds is 7. The number of amides is 1. The fourth-order valence-electron chi connectivity index (χ4n) is 0.867. The molecule has 0 unspecified atom stereocenters. The highest BCUT2D eigenvalue weighted by molar-refractivity contribution is 7.98. The third kappa shape index (κ3) is 8.71. The van der Waals surface area contributed by atoms with Crippen molar-refractivity contribution in [2.75, 3.05) is 30.6 Å². The molecule has 0 radical (unpaired) electrons. The summed E-state index contributed by atoms with van der Waals surface area (Å²) in [4.78, 5) is 11.3. The lowest BCUT2D eigenvalue weighted by molar-refractivity contribution is -0.122. The smallest absolute Gasteiger partial charge is 0.236 e. The van der Waals surface area contributed by atoms with Crippen LogP contribution in [0.2, 0.25) is 0 Å². The Kier molecular flexibility index (Phi) is 6.95. The van der Waals surface area contributed by atoms with Crippen LogP contribution in [0.3, 0.4) is 0 Å². The Morgan fingerprint density at radius 2 is 2.13 bits per heavy atom. The number of sulfone groups is 1. The molecular weight excluding hydrogens is 236 g/mol. The lowest BCUT2D eigenvalue weighted by Gasteiger charge is -2.10. The van der Waals surface area contributed by atoms with Crippen LogP contribution in [0, 0.1) is 0 Å². The van der Waals surface area contributed by atoms with E-state index < -0.39 is 15.9 Å². The molecule has 0 aliphatic rings. The molecular formula is C8H18N2O3S2. The van der Waals surface area contributed by atoms with E-state index in [0.717, 1.165) is 12.0 Å². The second-order valence-corrected chi connectivity index (χ2v) is 6.55. The Bertz CT molecular complexity index is 290. The first-order chi connectivity index (χ1) is 6.87. The minimum atomic E-state index is -3.02. The number of hydrogen-bond donors (Lipinski definition) is 2. The maximum atomic E-state index is 11.3. The first-order valence-electron chi connectivity index (χ1n) is 4.57. The second kappa shape index (κ2) is 7.08. The molecule has 0 fully saturated rings. The van der Waals surface area contributed by atoms with Crippen molar-refractivity contribution >= 4 is 27.5 Å². The molecule has 0 aliphatic carbocycles. The van der Waals surface area contributed by atoms with Gasteiger partial charge in [-0.25, -0.2) is 8.42 Å². The average molecular weight is 254 g/mol. The van der Waals surface area contributed by atoms with Crippen molar-refractivity contribution in [2.45, 2.75) is 12.5 Å². The predicted molar refractivity (Wildman–Crippen MR) is 63.7 cm³/mol. The van der Waals surface area contributed by atoms with Crippen LogP contribution in [0.1, 0.15) is 6.42 Å². The summed E-state index contributed by atoms with van der Waals surface area (Å²) in [7, 11) is -3.02. The number of carbonyl (C=O) groups is 1. The van der Waals surface area contributed by atoms with Gasteiger partial charge in [-0.3, -0.25) is 4.79 Å². The van der Waals surface area contributed by atoms with Crippen LogP contribution < -0.4 is 11.1 Å². The zero-order chi connectivity index (χ0) is 11.9. The van der Waals surface area contributed by atoms with Gasteiger partial charge in [0, 0.05) is 12.8 Å². The van der Waals surface area contributed by atoms with Gasteiger partial charge >= 0.3 is 0 Å². The van der Waals surface area contributed by atoms with Crippen LogP contribution in [0.15, 0.2) is 0 Å². The number of nitrogens with two attached hydrogens (primary N) is 1. The number of hydrogen-bond acceptors (Lipinski definition) is 5. The van der Waals surface area contributed by atoms with Gasteiger partial charge in [0.1, 0.15) is 9.84 Å². The van der Waals surface area contributed by atoms with Gasteiger partial charge in [0.05, 0.1) is 11.8 Å². The molecule has 90 valence electrons. The molecule has 0 aromatic rings. The summed E-state index contributed by atoms with van der Waals surface area (Å²) in [5, 5.41) is 2.50. The lowest BCUT2D eigenvalue weighted by atomic mass is 10.2. The Morgan fingerprint density at radius 1 is 1.53 bits per heavy atom. The monoisotopic (exact) mass is 254 g/mol. The van der Waals surface area contributed by atoms with Crippen molar-refractivity contribution in [1.82, 2.24) is 5.32 Å². The van der Waals surface area contributed by atoms with E-state index in [1.807, 2.05) is 6.26 Å². The van der Waals surface area contributed by atoms with Crippen molar-refractivity contribution in [3.63, 3.8) is 0 Å². The van der Waals surface area contributed by atoms with E-state index in [-0.39, 0.29) is 18.2 Å². The van der Waals surface area contributed by atoms with Crippen LogP contribution in [0.5, 0.6) is 0 Å². The van der Waals surface area contributed by atoms with Crippen LogP contribution in [0.25, 0.3) is 0 Å². The molecule has 15 heavy (non-hydrogen) atoms. The van der Waals surface area contributed by atoms with Gasteiger partial charge in [-0.05, 0) is 18.4 Å². The first kappa shape index (κ1) is 14.7. The molecule has 3 N–H and O–H groups in total. The van der Waals surface area contributed by atoms with Crippen LogP contribution >= 0.6 is 11.8 Å². The zero-order valence-corrected chi connectivity index (χ0v) is 10.7. The molecule has 0 aliphatic heterocycles.